The predicted molar refractivity (Wildman–Crippen MR) is 82.5 cm³/mol. The van der Waals surface area contributed by atoms with Crippen molar-refractivity contribution in [1.82, 2.24) is 10.4 Å². The molecule has 0 aromatic heterocycles. The van der Waals surface area contributed by atoms with Crippen molar-refractivity contribution in [2.45, 2.75) is 25.7 Å². The second kappa shape index (κ2) is 6.79. The summed E-state index contributed by atoms with van der Waals surface area (Å²) in [7, 11) is 0. The Kier molecular flexibility index (Phi) is 4.58. The number of piperidine rings is 1. The van der Waals surface area contributed by atoms with Crippen molar-refractivity contribution in [3.05, 3.63) is 24.3 Å². The van der Waals surface area contributed by atoms with Gasteiger partial charge in [-0.15, -0.1) is 0 Å². The van der Waals surface area contributed by atoms with E-state index in [2.05, 4.69) is 5.43 Å². The number of nitrogens with zero attached hydrogens (tertiary/aromatic N) is 2. The Morgan fingerprint density at radius 2 is 1.95 bits per heavy atom. The molecule has 2 aliphatic heterocycles. The third-order valence-electron chi connectivity index (χ3n) is 4.01. The van der Waals surface area contributed by atoms with Gasteiger partial charge in [0.15, 0.2) is 6.61 Å². The highest BCUT2D eigenvalue weighted by atomic mass is 16.5. The van der Waals surface area contributed by atoms with Crippen molar-refractivity contribution >= 4 is 17.5 Å². The van der Waals surface area contributed by atoms with Gasteiger partial charge < -0.3 is 9.64 Å². The molecule has 0 saturated carbocycles. The zero-order valence-electron chi connectivity index (χ0n) is 12.6. The SMILES string of the molecule is O=C(CCN1C(=O)COc2ccccc21)NN1CCCCC1. The van der Waals surface area contributed by atoms with Crippen LogP contribution in [-0.4, -0.2) is 43.1 Å². The summed E-state index contributed by atoms with van der Waals surface area (Å²) in [6.07, 6.45) is 3.76. The van der Waals surface area contributed by atoms with E-state index in [0.717, 1.165) is 31.6 Å². The van der Waals surface area contributed by atoms with E-state index in [4.69, 9.17) is 4.74 Å². The van der Waals surface area contributed by atoms with Gasteiger partial charge in [0.2, 0.25) is 5.91 Å². The molecule has 0 atom stereocenters. The first-order valence-corrected chi connectivity index (χ1v) is 7.81. The van der Waals surface area contributed by atoms with Crippen LogP contribution in [-0.2, 0) is 9.59 Å². The van der Waals surface area contributed by atoms with Crippen molar-refractivity contribution in [2.24, 2.45) is 0 Å². The van der Waals surface area contributed by atoms with Crippen LogP contribution in [0.15, 0.2) is 24.3 Å². The summed E-state index contributed by atoms with van der Waals surface area (Å²) in [5.41, 5.74) is 3.66. The number of carbonyl (C=O) groups is 2. The number of hydrazine groups is 1. The van der Waals surface area contributed by atoms with E-state index >= 15 is 0 Å². The predicted octanol–water partition coefficient (Wildman–Crippen LogP) is 1.32. The molecule has 1 aromatic carbocycles. The van der Waals surface area contributed by atoms with Gasteiger partial charge in [0.1, 0.15) is 5.75 Å². The van der Waals surface area contributed by atoms with E-state index in [-0.39, 0.29) is 24.8 Å². The molecule has 1 N–H and O–H groups in total. The van der Waals surface area contributed by atoms with Gasteiger partial charge in [-0.05, 0) is 25.0 Å². The molecular formula is C16H21N3O3. The van der Waals surface area contributed by atoms with Gasteiger partial charge in [-0.1, -0.05) is 18.6 Å². The van der Waals surface area contributed by atoms with Crippen LogP contribution in [0.4, 0.5) is 5.69 Å². The molecule has 0 radical (unpaired) electrons. The molecule has 2 heterocycles. The van der Waals surface area contributed by atoms with E-state index in [1.54, 1.807) is 4.90 Å². The Bertz CT molecular complexity index is 555. The Morgan fingerprint density at radius 1 is 1.18 bits per heavy atom. The molecule has 1 saturated heterocycles. The zero-order chi connectivity index (χ0) is 15.4. The number of amides is 2. The maximum atomic E-state index is 12.1. The zero-order valence-corrected chi connectivity index (χ0v) is 12.6. The molecule has 0 aliphatic carbocycles. The first-order chi connectivity index (χ1) is 10.7. The normalized spacial score (nSPS) is 18.5. The van der Waals surface area contributed by atoms with Crippen molar-refractivity contribution in [1.29, 1.82) is 0 Å². The third-order valence-corrected chi connectivity index (χ3v) is 4.01. The lowest BCUT2D eigenvalue weighted by Crippen LogP contribution is -2.47. The minimum absolute atomic E-state index is 0.0325. The van der Waals surface area contributed by atoms with E-state index < -0.39 is 0 Å². The molecule has 6 heteroatoms. The van der Waals surface area contributed by atoms with Crippen molar-refractivity contribution in [2.75, 3.05) is 31.1 Å². The number of benzene rings is 1. The van der Waals surface area contributed by atoms with Crippen LogP contribution in [0.5, 0.6) is 5.75 Å². The smallest absolute Gasteiger partial charge is 0.265 e. The lowest BCUT2D eigenvalue weighted by Gasteiger charge is -2.30. The molecule has 0 bridgehead atoms. The number of hydrogen-bond donors (Lipinski definition) is 1. The van der Waals surface area contributed by atoms with Crippen LogP contribution in [0.2, 0.25) is 0 Å². The fourth-order valence-corrected chi connectivity index (χ4v) is 2.85. The highest BCUT2D eigenvalue weighted by molar-refractivity contribution is 5.98. The average Bonchev–Trinajstić information content (AvgIpc) is 2.55. The lowest BCUT2D eigenvalue weighted by molar-refractivity contribution is -0.126. The number of anilines is 1. The van der Waals surface area contributed by atoms with Gasteiger partial charge >= 0.3 is 0 Å². The summed E-state index contributed by atoms with van der Waals surface area (Å²) in [6, 6.07) is 7.41. The largest absolute Gasteiger partial charge is 0.482 e. The van der Waals surface area contributed by atoms with Crippen LogP contribution < -0.4 is 15.1 Å². The molecular weight excluding hydrogens is 282 g/mol. The first kappa shape index (κ1) is 14.8. The first-order valence-electron chi connectivity index (χ1n) is 7.81. The van der Waals surface area contributed by atoms with Crippen LogP contribution in [0.3, 0.4) is 0 Å². The highest BCUT2D eigenvalue weighted by Crippen LogP contribution is 2.31. The molecule has 1 fully saturated rings. The summed E-state index contributed by atoms with van der Waals surface area (Å²) in [6.45, 7) is 2.22. The molecule has 118 valence electrons. The average molecular weight is 303 g/mol. The fraction of sp³-hybridized carbons (Fsp3) is 0.500. The molecule has 2 aliphatic rings. The number of hydrogen-bond acceptors (Lipinski definition) is 4. The number of fused-ring (bicyclic) bond motifs is 1. The summed E-state index contributed by atoms with van der Waals surface area (Å²) in [5, 5.41) is 1.97. The summed E-state index contributed by atoms with van der Waals surface area (Å²) in [4.78, 5) is 25.7. The quantitative estimate of drug-likeness (QED) is 0.911. The highest BCUT2D eigenvalue weighted by Gasteiger charge is 2.25. The van der Waals surface area contributed by atoms with Gasteiger partial charge in [-0.25, -0.2) is 5.01 Å². The summed E-state index contributed by atoms with van der Waals surface area (Å²) < 4.78 is 5.39. The third kappa shape index (κ3) is 3.39. The van der Waals surface area contributed by atoms with E-state index in [1.165, 1.54) is 6.42 Å². The topological polar surface area (TPSA) is 61.9 Å². The Balaban J connectivity index is 1.56. The summed E-state index contributed by atoms with van der Waals surface area (Å²) >= 11 is 0. The van der Waals surface area contributed by atoms with Crippen LogP contribution in [0, 0.1) is 0 Å². The summed E-state index contributed by atoms with van der Waals surface area (Å²) in [5.74, 6) is 0.543. The van der Waals surface area contributed by atoms with Crippen LogP contribution in [0.25, 0.3) is 0 Å². The maximum Gasteiger partial charge on any atom is 0.265 e. The number of nitrogens with one attached hydrogen (secondary N) is 1. The molecule has 1 aromatic rings. The van der Waals surface area contributed by atoms with E-state index in [1.807, 2.05) is 29.3 Å². The Morgan fingerprint density at radius 3 is 2.77 bits per heavy atom. The number of rotatable bonds is 4. The van der Waals surface area contributed by atoms with Crippen molar-refractivity contribution < 1.29 is 14.3 Å². The molecule has 22 heavy (non-hydrogen) atoms. The number of ether oxygens (including phenoxy) is 1. The van der Waals surface area contributed by atoms with E-state index in [9.17, 15) is 9.59 Å². The fourth-order valence-electron chi connectivity index (χ4n) is 2.85. The van der Waals surface area contributed by atoms with E-state index in [0.29, 0.717) is 12.3 Å². The molecule has 6 nitrogen and oxygen atoms in total. The molecule has 3 rings (SSSR count). The minimum Gasteiger partial charge on any atom is -0.482 e. The van der Waals surface area contributed by atoms with Gasteiger partial charge in [0.05, 0.1) is 5.69 Å². The molecule has 2 amide bonds. The maximum absolute atomic E-state index is 12.1. The Hall–Kier alpha value is -2.08. The van der Waals surface area contributed by atoms with Gasteiger partial charge in [0, 0.05) is 26.1 Å². The molecule has 0 unspecified atom stereocenters. The second-order valence-corrected chi connectivity index (χ2v) is 5.63. The second-order valence-electron chi connectivity index (χ2n) is 5.63. The van der Waals surface area contributed by atoms with Crippen molar-refractivity contribution in [3.63, 3.8) is 0 Å². The minimum atomic E-state index is -0.107. The Labute approximate surface area is 130 Å². The van der Waals surface area contributed by atoms with Crippen LogP contribution in [0.1, 0.15) is 25.7 Å². The van der Waals surface area contributed by atoms with Crippen LogP contribution >= 0.6 is 0 Å². The number of para-hydroxylation sites is 2. The molecule has 0 spiro atoms. The van der Waals surface area contributed by atoms with Gasteiger partial charge in [-0.2, -0.15) is 0 Å². The monoisotopic (exact) mass is 303 g/mol. The lowest BCUT2D eigenvalue weighted by atomic mass is 10.2. The van der Waals surface area contributed by atoms with Crippen molar-refractivity contribution in [3.8, 4) is 5.75 Å². The van der Waals surface area contributed by atoms with Gasteiger partial charge in [-0.3, -0.25) is 15.0 Å². The van der Waals surface area contributed by atoms with Gasteiger partial charge in [0.25, 0.3) is 5.91 Å². The standard InChI is InChI=1S/C16H21N3O3/c20-15(17-18-9-4-1-5-10-18)8-11-19-13-6-2-3-7-14(13)22-12-16(19)21/h2-3,6-7H,1,4-5,8-12H2,(H,17,20). The number of carbonyl (C=O) groups excluding carboxylic acids is 2.